The molecular weight excluding hydrogens is 404 g/mol. The molecule has 32 heavy (non-hydrogen) atoms. The topological polar surface area (TPSA) is 87.7 Å². The van der Waals surface area contributed by atoms with Gasteiger partial charge in [-0.25, -0.2) is 0 Å². The molecule has 0 fully saturated rings. The predicted octanol–water partition coefficient (Wildman–Crippen LogP) is 5.13. The smallest absolute Gasteiger partial charge is 0.255 e. The van der Waals surface area contributed by atoms with Crippen LogP contribution in [0, 0.1) is 0 Å². The zero-order chi connectivity index (χ0) is 23.3. The van der Waals surface area contributed by atoms with Crippen LogP contribution < -0.4 is 15.4 Å². The molecule has 0 saturated heterocycles. The van der Waals surface area contributed by atoms with Gasteiger partial charge in [0.2, 0.25) is 5.91 Å². The molecule has 0 unspecified atom stereocenters. The van der Waals surface area contributed by atoms with Crippen LogP contribution >= 0.6 is 0 Å². The van der Waals surface area contributed by atoms with E-state index in [1.165, 1.54) is 6.07 Å². The van der Waals surface area contributed by atoms with Gasteiger partial charge in [0.15, 0.2) is 0 Å². The van der Waals surface area contributed by atoms with Crippen molar-refractivity contribution in [1.29, 1.82) is 0 Å². The summed E-state index contributed by atoms with van der Waals surface area (Å²) >= 11 is 0. The minimum atomic E-state index is -0.325. The van der Waals surface area contributed by atoms with Crippen molar-refractivity contribution in [2.45, 2.75) is 32.6 Å². The highest BCUT2D eigenvalue weighted by Crippen LogP contribution is 2.28. The van der Waals surface area contributed by atoms with Gasteiger partial charge in [0.05, 0.1) is 19.2 Å². The van der Waals surface area contributed by atoms with Gasteiger partial charge in [-0.1, -0.05) is 51.1 Å². The van der Waals surface area contributed by atoms with Crippen LogP contribution in [-0.4, -0.2) is 24.0 Å². The number of para-hydroxylation sites is 1. The maximum absolute atomic E-state index is 12.5. The van der Waals surface area contributed by atoms with E-state index < -0.39 is 0 Å². The third-order valence-corrected chi connectivity index (χ3v) is 5.09. The number of phenolic OH excluding ortho intramolecular Hbond substituents is 1. The number of carbonyl (C=O) groups is 2. The second-order valence-corrected chi connectivity index (χ2v) is 8.55. The highest BCUT2D eigenvalue weighted by atomic mass is 16.5. The summed E-state index contributed by atoms with van der Waals surface area (Å²) in [5.41, 5.74) is 3.07. The van der Waals surface area contributed by atoms with E-state index in [9.17, 15) is 14.7 Å². The van der Waals surface area contributed by atoms with Crippen LogP contribution in [0.25, 0.3) is 0 Å². The van der Waals surface area contributed by atoms with E-state index in [0.29, 0.717) is 17.0 Å². The van der Waals surface area contributed by atoms with E-state index >= 15 is 0 Å². The Morgan fingerprint density at radius 3 is 2.25 bits per heavy atom. The average Bonchev–Trinajstić information content (AvgIpc) is 2.75. The van der Waals surface area contributed by atoms with Gasteiger partial charge in [-0.05, 0) is 41.3 Å². The Balaban J connectivity index is 1.64. The van der Waals surface area contributed by atoms with Crippen LogP contribution in [0.15, 0.2) is 66.7 Å². The van der Waals surface area contributed by atoms with Crippen molar-refractivity contribution in [2.75, 3.05) is 17.7 Å². The summed E-state index contributed by atoms with van der Waals surface area (Å²) in [6, 6.07) is 19.2. The summed E-state index contributed by atoms with van der Waals surface area (Å²) in [6.07, 6.45) is 0.133. The number of nitrogens with one attached hydrogen (secondary N) is 2. The standard InChI is InChI=1S/C26H28N2O4/c1-26(2,3)19-11-9-17(10-12-19)25(31)28-21-14-13-20(16-22(21)29)27-24(30)15-18-7-5-6-8-23(18)32-4/h5-14,16,29H,15H2,1-4H3,(H,27,30)(H,28,31). The monoisotopic (exact) mass is 432 g/mol. The Bertz CT molecular complexity index is 1120. The number of rotatable bonds is 6. The minimum Gasteiger partial charge on any atom is -0.506 e. The lowest BCUT2D eigenvalue weighted by molar-refractivity contribution is -0.115. The molecule has 6 heteroatoms. The molecule has 0 aliphatic carbocycles. The quantitative estimate of drug-likeness (QED) is 0.471. The van der Waals surface area contributed by atoms with Crippen LogP contribution in [0.1, 0.15) is 42.3 Å². The lowest BCUT2D eigenvalue weighted by Gasteiger charge is -2.19. The van der Waals surface area contributed by atoms with E-state index in [2.05, 4.69) is 31.4 Å². The zero-order valence-corrected chi connectivity index (χ0v) is 18.7. The van der Waals surface area contributed by atoms with Gasteiger partial charge in [0.25, 0.3) is 5.91 Å². The number of aromatic hydroxyl groups is 1. The molecule has 0 bridgehead atoms. The van der Waals surface area contributed by atoms with Crippen LogP contribution in [-0.2, 0) is 16.6 Å². The molecule has 2 amide bonds. The molecule has 0 atom stereocenters. The van der Waals surface area contributed by atoms with Crippen LogP contribution in [0.2, 0.25) is 0 Å². The van der Waals surface area contributed by atoms with Gasteiger partial charge < -0.3 is 20.5 Å². The van der Waals surface area contributed by atoms with Gasteiger partial charge in [-0.2, -0.15) is 0 Å². The number of phenols is 1. The Morgan fingerprint density at radius 1 is 0.938 bits per heavy atom. The van der Waals surface area contributed by atoms with Crippen molar-refractivity contribution < 1.29 is 19.4 Å². The number of hydrogen-bond donors (Lipinski definition) is 3. The van der Waals surface area contributed by atoms with Gasteiger partial charge in [-0.3, -0.25) is 9.59 Å². The third-order valence-electron chi connectivity index (χ3n) is 5.09. The Hall–Kier alpha value is -3.80. The summed E-state index contributed by atoms with van der Waals surface area (Å²) in [5.74, 6) is -0.0721. The Morgan fingerprint density at radius 2 is 1.62 bits per heavy atom. The fourth-order valence-corrected chi connectivity index (χ4v) is 3.26. The van der Waals surface area contributed by atoms with Crippen LogP contribution in [0.5, 0.6) is 11.5 Å². The molecule has 0 aliphatic rings. The summed E-state index contributed by atoms with van der Waals surface area (Å²) in [4.78, 5) is 24.9. The van der Waals surface area contributed by atoms with Gasteiger partial charge in [0.1, 0.15) is 11.5 Å². The number of carbonyl (C=O) groups excluding carboxylic acids is 2. The van der Waals surface area contributed by atoms with E-state index in [0.717, 1.165) is 11.1 Å². The number of amides is 2. The fraction of sp³-hybridized carbons (Fsp3) is 0.231. The summed E-state index contributed by atoms with van der Waals surface area (Å²) in [7, 11) is 1.56. The lowest BCUT2D eigenvalue weighted by atomic mass is 9.87. The molecule has 0 heterocycles. The van der Waals surface area contributed by atoms with Gasteiger partial charge in [0, 0.05) is 22.9 Å². The number of methoxy groups -OCH3 is 1. The lowest BCUT2D eigenvalue weighted by Crippen LogP contribution is -2.16. The van der Waals surface area contributed by atoms with Crippen molar-refractivity contribution in [3.05, 3.63) is 83.4 Å². The molecule has 0 spiro atoms. The molecular formula is C26H28N2O4. The first-order valence-electron chi connectivity index (χ1n) is 10.3. The molecule has 0 aliphatic heterocycles. The summed E-state index contributed by atoms with van der Waals surface area (Å²) in [6.45, 7) is 6.32. The second kappa shape index (κ2) is 9.56. The number of benzene rings is 3. The third kappa shape index (κ3) is 5.66. The highest BCUT2D eigenvalue weighted by Gasteiger charge is 2.15. The Kier molecular flexibility index (Phi) is 6.83. The number of ether oxygens (including phenoxy) is 1. The zero-order valence-electron chi connectivity index (χ0n) is 18.7. The summed E-state index contributed by atoms with van der Waals surface area (Å²) in [5, 5.41) is 15.8. The van der Waals surface area contributed by atoms with Crippen molar-refractivity contribution >= 4 is 23.2 Å². The van der Waals surface area contributed by atoms with Gasteiger partial charge in [-0.15, -0.1) is 0 Å². The SMILES string of the molecule is COc1ccccc1CC(=O)Nc1ccc(NC(=O)c2ccc(C(C)(C)C)cc2)c(O)c1. The van der Waals surface area contributed by atoms with Crippen molar-refractivity contribution in [1.82, 2.24) is 0 Å². The molecule has 0 radical (unpaired) electrons. The normalized spacial score (nSPS) is 11.0. The molecule has 3 aromatic rings. The minimum absolute atomic E-state index is 0.000811. The van der Waals surface area contributed by atoms with E-state index in [4.69, 9.17) is 4.74 Å². The first-order chi connectivity index (χ1) is 15.2. The summed E-state index contributed by atoms with van der Waals surface area (Å²) < 4.78 is 5.27. The maximum atomic E-state index is 12.5. The molecule has 166 valence electrons. The van der Waals surface area contributed by atoms with Crippen molar-refractivity contribution in [2.24, 2.45) is 0 Å². The molecule has 3 aromatic carbocycles. The molecule has 3 N–H and O–H groups in total. The molecule has 0 aromatic heterocycles. The van der Waals surface area contributed by atoms with E-state index in [-0.39, 0.29) is 35.1 Å². The average molecular weight is 433 g/mol. The van der Waals surface area contributed by atoms with Crippen molar-refractivity contribution in [3.8, 4) is 11.5 Å². The highest BCUT2D eigenvalue weighted by molar-refractivity contribution is 6.05. The van der Waals surface area contributed by atoms with Crippen LogP contribution in [0.4, 0.5) is 11.4 Å². The second-order valence-electron chi connectivity index (χ2n) is 8.55. The first kappa shape index (κ1) is 22.9. The van der Waals surface area contributed by atoms with E-state index in [1.807, 2.05) is 30.3 Å². The number of hydrogen-bond acceptors (Lipinski definition) is 4. The van der Waals surface area contributed by atoms with E-state index in [1.54, 1.807) is 37.4 Å². The maximum Gasteiger partial charge on any atom is 0.255 e. The molecule has 6 nitrogen and oxygen atoms in total. The first-order valence-corrected chi connectivity index (χ1v) is 10.3. The molecule has 0 saturated carbocycles. The molecule has 3 rings (SSSR count). The Labute approximate surface area is 188 Å². The predicted molar refractivity (Wildman–Crippen MR) is 127 cm³/mol. The fourth-order valence-electron chi connectivity index (χ4n) is 3.26. The van der Waals surface area contributed by atoms with Crippen molar-refractivity contribution in [3.63, 3.8) is 0 Å². The van der Waals surface area contributed by atoms with Gasteiger partial charge >= 0.3 is 0 Å². The largest absolute Gasteiger partial charge is 0.506 e. The van der Waals surface area contributed by atoms with Crippen LogP contribution in [0.3, 0.4) is 0 Å². The number of anilines is 2.